The van der Waals surface area contributed by atoms with Crippen LogP contribution in [0.15, 0.2) is 96.2 Å². The van der Waals surface area contributed by atoms with Crippen molar-refractivity contribution in [3.63, 3.8) is 0 Å². The number of imidazole rings is 1. The van der Waals surface area contributed by atoms with E-state index in [-0.39, 0.29) is 0 Å². The summed E-state index contributed by atoms with van der Waals surface area (Å²) in [4.78, 5) is 8.95. The Morgan fingerprint density at radius 2 is 1.71 bits per heavy atom. The second-order valence-electron chi connectivity index (χ2n) is 6.19. The van der Waals surface area contributed by atoms with Gasteiger partial charge in [-0.2, -0.15) is 0 Å². The van der Waals surface area contributed by atoms with Gasteiger partial charge in [0.2, 0.25) is 0 Å². The average molecular weight is 368 g/mol. The quantitative estimate of drug-likeness (QED) is 0.442. The predicted molar refractivity (Wildman–Crippen MR) is 107 cm³/mol. The summed E-state index contributed by atoms with van der Waals surface area (Å²) < 4.78 is 13.0. The van der Waals surface area contributed by atoms with E-state index in [4.69, 9.17) is 9.15 Å². The molecule has 0 atom stereocenters. The fourth-order valence-corrected chi connectivity index (χ4v) is 3.00. The Morgan fingerprint density at radius 3 is 2.50 bits per heavy atom. The minimum absolute atomic E-state index is 0.675. The van der Waals surface area contributed by atoms with Crippen LogP contribution >= 0.6 is 0 Å². The van der Waals surface area contributed by atoms with E-state index in [1.165, 1.54) is 0 Å². The minimum Gasteiger partial charge on any atom is -0.472 e. The number of nitrogens with zero attached hydrogens (tertiary/aromatic N) is 3. The van der Waals surface area contributed by atoms with Crippen molar-refractivity contribution in [2.45, 2.75) is 0 Å². The highest BCUT2D eigenvalue weighted by molar-refractivity contribution is 5.74. The molecule has 2 aromatic carbocycles. The van der Waals surface area contributed by atoms with Crippen molar-refractivity contribution >= 4 is 17.2 Å². The van der Waals surface area contributed by atoms with Crippen LogP contribution in [0.3, 0.4) is 0 Å². The van der Waals surface area contributed by atoms with Crippen molar-refractivity contribution in [1.29, 1.82) is 0 Å². The molecule has 0 unspecified atom stereocenters. The van der Waals surface area contributed by atoms with Crippen molar-refractivity contribution in [2.24, 2.45) is 0 Å². The van der Waals surface area contributed by atoms with Crippen LogP contribution in [0.1, 0.15) is 0 Å². The molecule has 28 heavy (non-hydrogen) atoms. The topological polar surface area (TPSA) is 64.6 Å². The lowest BCUT2D eigenvalue weighted by Gasteiger charge is -2.09. The van der Waals surface area contributed by atoms with E-state index in [2.05, 4.69) is 15.3 Å². The van der Waals surface area contributed by atoms with Gasteiger partial charge in [0.25, 0.3) is 0 Å². The molecule has 0 aliphatic carbocycles. The van der Waals surface area contributed by atoms with Crippen LogP contribution in [-0.2, 0) is 0 Å². The molecule has 3 heterocycles. The number of fused-ring (bicyclic) bond motifs is 1. The molecule has 0 fully saturated rings. The first-order valence-corrected chi connectivity index (χ1v) is 8.81. The first kappa shape index (κ1) is 16.1. The second-order valence-corrected chi connectivity index (χ2v) is 6.19. The first-order chi connectivity index (χ1) is 13.9. The molecule has 1 N–H and O–H groups in total. The van der Waals surface area contributed by atoms with E-state index in [1.807, 2.05) is 77.5 Å². The van der Waals surface area contributed by atoms with Crippen molar-refractivity contribution in [2.75, 3.05) is 5.32 Å². The molecule has 0 aliphatic heterocycles. The number of aromatic nitrogens is 3. The largest absolute Gasteiger partial charge is 0.472 e. The van der Waals surface area contributed by atoms with Gasteiger partial charge in [0.1, 0.15) is 11.5 Å². The van der Waals surface area contributed by atoms with E-state index >= 15 is 0 Å². The van der Waals surface area contributed by atoms with E-state index in [0.29, 0.717) is 5.82 Å². The Balaban J connectivity index is 1.39. The van der Waals surface area contributed by atoms with Gasteiger partial charge in [-0.1, -0.05) is 18.2 Å². The zero-order valence-electron chi connectivity index (χ0n) is 14.8. The molecule has 0 saturated carbocycles. The van der Waals surface area contributed by atoms with E-state index in [0.717, 1.165) is 34.1 Å². The maximum Gasteiger partial charge on any atom is 0.180 e. The van der Waals surface area contributed by atoms with Gasteiger partial charge in [0.05, 0.1) is 24.4 Å². The number of nitrogens with one attached hydrogen (secondary N) is 1. The summed E-state index contributed by atoms with van der Waals surface area (Å²) in [6.45, 7) is 0. The van der Waals surface area contributed by atoms with Crippen LogP contribution in [0.25, 0.3) is 16.9 Å². The fraction of sp³-hybridized carbons (Fsp3) is 0. The summed E-state index contributed by atoms with van der Waals surface area (Å²) in [6.07, 6.45) is 8.78. The maximum absolute atomic E-state index is 5.83. The molecule has 3 aromatic heterocycles. The van der Waals surface area contributed by atoms with Crippen LogP contribution in [0, 0.1) is 0 Å². The van der Waals surface area contributed by atoms with Gasteiger partial charge in [-0.25, -0.2) is 9.97 Å². The number of rotatable bonds is 5. The third-order valence-electron chi connectivity index (χ3n) is 4.34. The highest BCUT2D eigenvalue weighted by Gasteiger charge is 2.11. The van der Waals surface area contributed by atoms with Gasteiger partial charge >= 0.3 is 0 Å². The fourth-order valence-electron chi connectivity index (χ4n) is 3.00. The molecular formula is C22H16N4O2. The zero-order chi connectivity index (χ0) is 18.8. The van der Waals surface area contributed by atoms with Gasteiger partial charge in [0.15, 0.2) is 11.5 Å². The normalized spacial score (nSPS) is 10.9. The SMILES string of the molecule is c1ccc(Oc2ccc(Nc3nccn4c(-c5ccoc5)cnc34)cc2)cc1. The van der Waals surface area contributed by atoms with Gasteiger partial charge < -0.3 is 14.5 Å². The Bertz CT molecular complexity index is 1200. The number of benzene rings is 2. The van der Waals surface area contributed by atoms with Crippen LogP contribution < -0.4 is 10.1 Å². The molecule has 0 aliphatic rings. The molecule has 0 radical (unpaired) electrons. The van der Waals surface area contributed by atoms with Crippen molar-refractivity contribution < 1.29 is 9.15 Å². The van der Waals surface area contributed by atoms with Gasteiger partial charge in [-0.3, -0.25) is 4.40 Å². The number of para-hydroxylation sites is 1. The molecular weight excluding hydrogens is 352 g/mol. The molecule has 0 spiro atoms. The molecule has 6 nitrogen and oxygen atoms in total. The van der Waals surface area contributed by atoms with Gasteiger partial charge in [-0.15, -0.1) is 0 Å². The third kappa shape index (κ3) is 3.07. The van der Waals surface area contributed by atoms with Crippen molar-refractivity contribution in [1.82, 2.24) is 14.4 Å². The van der Waals surface area contributed by atoms with E-state index < -0.39 is 0 Å². The minimum atomic E-state index is 0.675. The molecule has 0 saturated heterocycles. The molecule has 0 amide bonds. The number of furan rings is 1. The Kier molecular flexibility index (Phi) is 3.99. The highest BCUT2D eigenvalue weighted by atomic mass is 16.5. The molecule has 136 valence electrons. The number of hydrogen-bond acceptors (Lipinski definition) is 5. The van der Waals surface area contributed by atoms with E-state index in [1.54, 1.807) is 18.7 Å². The molecule has 5 rings (SSSR count). The Labute approximate surface area is 161 Å². The van der Waals surface area contributed by atoms with Crippen LogP contribution in [0.2, 0.25) is 0 Å². The average Bonchev–Trinajstić information content (AvgIpc) is 3.40. The number of anilines is 2. The third-order valence-corrected chi connectivity index (χ3v) is 4.34. The number of ether oxygens (including phenoxy) is 1. The van der Waals surface area contributed by atoms with Crippen LogP contribution in [0.4, 0.5) is 11.5 Å². The summed E-state index contributed by atoms with van der Waals surface area (Å²) in [7, 11) is 0. The summed E-state index contributed by atoms with van der Waals surface area (Å²) in [5.74, 6) is 2.25. The summed E-state index contributed by atoms with van der Waals surface area (Å²) in [5.41, 5.74) is 3.55. The monoisotopic (exact) mass is 368 g/mol. The summed E-state index contributed by atoms with van der Waals surface area (Å²) in [5, 5.41) is 3.32. The first-order valence-electron chi connectivity index (χ1n) is 8.81. The highest BCUT2D eigenvalue weighted by Crippen LogP contribution is 2.27. The van der Waals surface area contributed by atoms with Crippen LogP contribution in [-0.4, -0.2) is 14.4 Å². The zero-order valence-corrected chi connectivity index (χ0v) is 14.8. The molecule has 5 aromatic rings. The number of hydrogen-bond donors (Lipinski definition) is 1. The lowest BCUT2D eigenvalue weighted by Crippen LogP contribution is -1.98. The molecule has 6 heteroatoms. The molecule has 0 bridgehead atoms. The van der Waals surface area contributed by atoms with Crippen molar-refractivity contribution in [3.8, 4) is 22.8 Å². The summed E-state index contributed by atoms with van der Waals surface area (Å²) >= 11 is 0. The van der Waals surface area contributed by atoms with Crippen LogP contribution in [0.5, 0.6) is 11.5 Å². The lowest BCUT2D eigenvalue weighted by atomic mass is 10.2. The lowest BCUT2D eigenvalue weighted by molar-refractivity contribution is 0.483. The second kappa shape index (κ2) is 6.92. The predicted octanol–water partition coefficient (Wildman–Crippen LogP) is 5.53. The van der Waals surface area contributed by atoms with Gasteiger partial charge in [0, 0.05) is 23.6 Å². The van der Waals surface area contributed by atoms with Gasteiger partial charge in [-0.05, 0) is 42.5 Å². The summed E-state index contributed by atoms with van der Waals surface area (Å²) in [6, 6.07) is 19.3. The standard InChI is InChI=1S/C22H16N4O2/c1-2-4-18(5-3-1)28-19-8-6-17(7-9-19)25-21-22-24-14-20(16-10-13-27-15-16)26(22)12-11-23-21/h1-15H,(H,23,25). The van der Waals surface area contributed by atoms with Crippen molar-refractivity contribution in [3.05, 3.63) is 91.8 Å². The smallest absolute Gasteiger partial charge is 0.180 e. The maximum atomic E-state index is 5.83. The Morgan fingerprint density at radius 1 is 0.893 bits per heavy atom. The Hall–Kier alpha value is -4.06. The van der Waals surface area contributed by atoms with E-state index in [9.17, 15) is 0 Å².